The average Bonchev–Trinajstić information content (AvgIpc) is 3.23. The van der Waals surface area contributed by atoms with E-state index in [4.69, 9.17) is 4.74 Å². The summed E-state index contributed by atoms with van der Waals surface area (Å²) in [6, 6.07) is 2.03. The lowest BCUT2D eigenvalue weighted by molar-refractivity contribution is -0.144. The molecule has 1 aliphatic rings. The zero-order valence-electron chi connectivity index (χ0n) is 13.8. The van der Waals surface area contributed by atoms with Gasteiger partial charge in [0, 0.05) is 32.6 Å². The maximum atomic E-state index is 12.5. The van der Waals surface area contributed by atoms with E-state index in [1.54, 1.807) is 29.3 Å². The van der Waals surface area contributed by atoms with E-state index in [1.165, 1.54) is 6.20 Å². The van der Waals surface area contributed by atoms with E-state index in [0.29, 0.717) is 18.7 Å². The minimum absolute atomic E-state index is 0.00243. The summed E-state index contributed by atoms with van der Waals surface area (Å²) < 4.78 is 7.53. The highest BCUT2D eigenvalue weighted by molar-refractivity contribution is 7.07. The average molecular weight is 347 g/mol. The number of ether oxygens (including phenoxy) is 1. The Kier molecular flexibility index (Phi) is 5.11. The highest BCUT2D eigenvalue weighted by Gasteiger charge is 2.29. The SMILES string of the molecule is C[C@H]1CN(C(=O)CCC(=O)c2cnn(C)c2)C[C@@H](c2ccsc2)O1. The highest BCUT2D eigenvalue weighted by atomic mass is 32.1. The number of aromatic nitrogens is 2. The van der Waals surface area contributed by atoms with Crippen LogP contribution in [0.2, 0.25) is 0 Å². The third-order valence-electron chi connectivity index (χ3n) is 4.12. The number of amides is 1. The van der Waals surface area contributed by atoms with Gasteiger partial charge in [-0.15, -0.1) is 0 Å². The van der Waals surface area contributed by atoms with Crippen molar-refractivity contribution in [3.63, 3.8) is 0 Å². The van der Waals surface area contributed by atoms with Crippen molar-refractivity contribution in [2.45, 2.75) is 32.0 Å². The summed E-state index contributed by atoms with van der Waals surface area (Å²) in [5.74, 6) is -0.0465. The number of hydrogen-bond donors (Lipinski definition) is 0. The van der Waals surface area contributed by atoms with Gasteiger partial charge in [0.2, 0.25) is 5.91 Å². The van der Waals surface area contributed by atoms with E-state index in [0.717, 1.165) is 5.56 Å². The molecule has 0 bridgehead atoms. The maximum Gasteiger partial charge on any atom is 0.223 e. The van der Waals surface area contributed by atoms with Crippen LogP contribution in [0.15, 0.2) is 29.2 Å². The molecule has 2 aromatic rings. The Balaban J connectivity index is 1.57. The molecule has 1 aliphatic heterocycles. The first-order chi connectivity index (χ1) is 11.5. The smallest absolute Gasteiger partial charge is 0.223 e. The summed E-state index contributed by atoms with van der Waals surface area (Å²) in [7, 11) is 1.77. The lowest BCUT2D eigenvalue weighted by Crippen LogP contribution is -2.45. The molecule has 0 spiro atoms. The quantitative estimate of drug-likeness (QED) is 0.779. The minimum Gasteiger partial charge on any atom is -0.367 e. The van der Waals surface area contributed by atoms with Crippen LogP contribution in [-0.2, 0) is 16.6 Å². The lowest BCUT2D eigenvalue weighted by atomic mass is 10.1. The molecule has 2 atom stereocenters. The van der Waals surface area contributed by atoms with Gasteiger partial charge in [-0.2, -0.15) is 16.4 Å². The standard InChI is InChI=1S/C17H21N3O3S/c1-12-8-20(10-16(23-12)13-5-6-24-11-13)17(22)4-3-15(21)14-7-18-19(2)9-14/h5-7,9,11-12,16H,3-4,8,10H2,1-2H3/t12-,16-/m0/s1. The molecule has 6 nitrogen and oxygen atoms in total. The number of nitrogens with zero attached hydrogens (tertiary/aromatic N) is 3. The molecule has 3 rings (SSSR count). The molecule has 24 heavy (non-hydrogen) atoms. The molecule has 7 heteroatoms. The van der Waals surface area contributed by atoms with Gasteiger partial charge in [-0.05, 0) is 29.3 Å². The van der Waals surface area contributed by atoms with Crippen molar-refractivity contribution in [1.29, 1.82) is 0 Å². The molecule has 1 saturated heterocycles. The second-order valence-corrected chi connectivity index (χ2v) is 6.90. The van der Waals surface area contributed by atoms with Crippen molar-refractivity contribution in [1.82, 2.24) is 14.7 Å². The van der Waals surface area contributed by atoms with Gasteiger partial charge in [-0.3, -0.25) is 14.3 Å². The first-order valence-electron chi connectivity index (χ1n) is 8.00. The minimum atomic E-state index is -0.0852. The van der Waals surface area contributed by atoms with Gasteiger partial charge in [0.05, 0.1) is 24.4 Å². The number of Topliss-reactive ketones (excluding diaryl/α,β-unsaturated/α-hetero) is 1. The normalized spacial score (nSPS) is 21.0. The molecule has 0 aliphatic carbocycles. The van der Waals surface area contributed by atoms with Crippen LogP contribution in [0.3, 0.4) is 0 Å². The van der Waals surface area contributed by atoms with Crippen molar-refractivity contribution < 1.29 is 14.3 Å². The Bertz CT molecular complexity index is 710. The molecule has 0 unspecified atom stereocenters. The number of aryl methyl sites for hydroxylation is 1. The fourth-order valence-electron chi connectivity index (χ4n) is 2.89. The Labute approximate surface area is 145 Å². The molecule has 2 aromatic heterocycles. The van der Waals surface area contributed by atoms with Crippen molar-refractivity contribution in [3.8, 4) is 0 Å². The summed E-state index contributed by atoms with van der Waals surface area (Å²) in [5.41, 5.74) is 1.66. The van der Waals surface area contributed by atoms with Crippen LogP contribution in [0.25, 0.3) is 0 Å². The molecule has 1 amide bonds. The van der Waals surface area contributed by atoms with Crippen molar-refractivity contribution in [2.24, 2.45) is 7.05 Å². The fourth-order valence-corrected chi connectivity index (χ4v) is 3.59. The first kappa shape index (κ1) is 16.9. The number of carbonyl (C=O) groups excluding carboxylic acids is 2. The number of rotatable bonds is 5. The summed E-state index contributed by atoms with van der Waals surface area (Å²) in [5, 5.41) is 8.05. The molecular weight excluding hydrogens is 326 g/mol. The predicted molar refractivity (Wildman–Crippen MR) is 91.0 cm³/mol. The predicted octanol–water partition coefficient (Wildman–Crippen LogP) is 2.43. The van der Waals surface area contributed by atoms with E-state index in [1.807, 2.05) is 23.3 Å². The third-order valence-corrected chi connectivity index (χ3v) is 4.82. The molecule has 3 heterocycles. The summed E-state index contributed by atoms with van der Waals surface area (Å²) in [6.45, 7) is 3.08. The second-order valence-electron chi connectivity index (χ2n) is 6.12. The maximum absolute atomic E-state index is 12.5. The highest BCUT2D eigenvalue weighted by Crippen LogP contribution is 2.27. The Morgan fingerprint density at radius 1 is 1.38 bits per heavy atom. The third kappa shape index (κ3) is 3.91. The van der Waals surface area contributed by atoms with Crippen molar-refractivity contribution in [2.75, 3.05) is 13.1 Å². The van der Waals surface area contributed by atoms with Gasteiger partial charge >= 0.3 is 0 Å². The van der Waals surface area contributed by atoms with E-state index < -0.39 is 0 Å². The molecule has 0 saturated carbocycles. The molecule has 128 valence electrons. The monoisotopic (exact) mass is 347 g/mol. The topological polar surface area (TPSA) is 64.4 Å². The number of hydrogen-bond acceptors (Lipinski definition) is 5. The van der Waals surface area contributed by atoms with E-state index in [-0.39, 0.29) is 36.7 Å². The Morgan fingerprint density at radius 3 is 2.88 bits per heavy atom. The van der Waals surface area contributed by atoms with Gasteiger partial charge in [-0.25, -0.2) is 0 Å². The van der Waals surface area contributed by atoms with Crippen LogP contribution in [-0.4, -0.2) is 45.6 Å². The molecule has 0 N–H and O–H groups in total. The lowest BCUT2D eigenvalue weighted by Gasteiger charge is -2.36. The Hall–Kier alpha value is -1.99. The number of thiophene rings is 1. The van der Waals surface area contributed by atoms with Crippen LogP contribution < -0.4 is 0 Å². The molecule has 0 aromatic carbocycles. The van der Waals surface area contributed by atoms with Crippen molar-refractivity contribution in [3.05, 3.63) is 40.3 Å². The summed E-state index contributed by atoms with van der Waals surface area (Å²) in [4.78, 5) is 26.4. The van der Waals surface area contributed by atoms with Crippen molar-refractivity contribution >= 4 is 23.0 Å². The van der Waals surface area contributed by atoms with Crippen LogP contribution in [0.4, 0.5) is 0 Å². The van der Waals surface area contributed by atoms with E-state index in [9.17, 15) is 9.59 Å². The van der Waals surface area contributed by atoms with Gasteiger partial charge in [0.15, 0.2) is 5.78 Å². The summed E-state index contributed by atoms with van der Waals surface area (Å²) >= 11 is 1.62. The second kappa shape index (κ2) is 7.27. The van der Waals surface area contributed by atoms with Gasteiger partial charge in [-0.1, -0.05) is 0 Å². The van der Waals surface area contributed by atoms with Crippen LogP contribution in [0.5, 0.6) is 0 Å². The van der Waals surface area contributed by atoms with Crippen LogP contribution in [0, 0.1) is 0 Å². The zero-order valence-corrected chi connectivity index (χ0v) is 14.7. The van der Waals surface area contributed by atoms with Gasteiger partial charge in [0.25, 0.3) is 0 Å². The largest absolute Gasteiger partial charge is 0.367 e. The van der Waals surface area contributed by atoms with Crippen LogP contribution >= 0.6 is 11.3 Å². The summed E-state index contributed by atoms with van der Waals surface area (Å²) in [6.07, 6.45) is 3.54. The van der Waals surface area contributed by atoms with Gasteiger partial charge < -0.3 is 9.64 Å². The molecule has 1 fully saturated rings. The van der Waals surface area contributed by atoms with E-state index in [2.05, 4.69) is 10.5 Å². The number of morpholine rings is 1. The molecular formula is C17H21N3O3S. The number of carbonyl (C=O) groups is 2. The Morgan fingerprint density at radius 2 is 2.21 bits per heavy atom. The van der Waals surface area contributed by atoms with E-state index >= 15 is 0 Å². The van der Waals surface area contributed by atoms with Crippen LogP contribution in [0.1, 0.15) is 41.8 Å². The number of ketones is 1. The zero-order chi connectivity index (χ0) is 17.1. The fraction of sp³-hybridized carbons (Fsp3) is 0.471. The first-order valence-corrected chi connectivity index (χ1v) is 8.94. The molecule has 0 radical (unpaired) electrons. The van der Waals surface area contributed by atoms with Gasteiger partial charge in [0.1, 0.15) is 6.10 Å².